The molecule has 1 aromatic carbocycles. The molecule has 7 heteroatoms. The van der Waals surface area contributed by atoms with Crippen molar-refractivity contribution >= 4 is 23.6 Å². The monoisotopic (exact) mass is 277 g/mol. The van der Waals surface area contributed by atoms with Gasteiger partial charge in [-0.2, -0.15) is 0 Å². The van der Waals surface area contributed by atoms with E-state index in [4.69, 9.17) is 10.8 Å². The van der Waals surface area contributed by atoms with E-state index in [-0.39, 0.29) is 5.56 Å². The number of carbonyl (C=O) groups is 3. The minimum atomic E-state index is -1.01. The molecular weight excluding hydrogens is 262 g/mol. The number of hydrogen-bond acceptors (Lipinski definition) is 3. The van der Waals surface area contributed by atoms with Gasteiger partial charge in [-0.1, -0.05) is 6.07 Å². The van der Waals surface area contributed by atoms with Crippen molar-refractivity contribution in [3.63, 3.8) is 0 Å². The van der Waals surface area contributed by atoms with Crippen LogP contribution in [0.3, 0.4) is 0 Å². The minimum Gasteiger partial charge on any atom is -0.480 e. The highest BCUT2D eigenvalue weighted by molar-refractivity contribution is 5.96. The van der Waals surface area contributed by atoms with E-state index in [9.17, 15) is 14.4 Å². The number of nitrogens with two attached hydrogens (primary N) is 1. The second-order valence-electron chi connectivity index (χ2n) is 4.56. The highest BCUT2D eigenvalue weighted by Crippen LogP contribution is 2.19. The summed E-state index contributed by atoms with van der Waals surface area (Å²) in [4.78, 5) is 35.4. The second-order valence-corrected chi connectivity index (χ2v) is 4.56. The van der Waals surface area contributed by atoms with Gasteiger partial charge in [0.15, 0.2) is 0 Å². The molecule has 0 spiro atoms. The number of primary amides is 1. The summed E-state index contributed by atoms with van der Waals surface area (Å²) >= 11 is 0. The van der Waals surface area contributed by atoms with Crippen LogP contribution in [0, 0.1) is 0 Å². The zero-order chi connectivity index (χ0) is 14.7. The first-order valence-electron chi connectivity index (χ1n) is 6.19. The summed E-state index contributed by atoms with van der Waals surface area (Å²) < 4.78 is 0. The number of aliphatic carboxylic acids is 1. The van der Waals surface area contributed by atoms with Gasteiger partial charge in [-0.3, -0.25) is 4.79 Å². The highest BCUT2D eigenvalue weighted by atomic mass is 16.4. The van der Waals surface area contributed by atoms with Crippen LogP contribution in [0.15, 0.2) is 24.3 Å². The van der Waals surface area contributed by atoms with Gasteiger partial charge < -0.3 is 21.1 Å². The number of anilines is 1. The minimum absolute atomic E-state index is 0.277. The average molecular weight is 277 g/mol. The summed E-state index contributed by atoms with van der Waals surface area (Å²) in [5.74, 6) is -1.60. The number of rotatable bonds is 3. The average Bonchev–Trinajstić information content (AvgIpc) is 2.88. The first-order chi connectivity index (χ1) is 9.49. The fourth-order valence-electron chi connectivity index (χ4n) is 2.21. The lowest BCUT2D eigenvalue weighted by atomic mass is 10.2. The van der Waals surface area contributed by atoms with Crippen LogP contribution >= 0.6 is 0 Å². The molecule has 0 unspecified atom stereocenters. The summed E-state index contributed by atoms with van der Waals surface area (Å²) in [6, 6.07) is 4.90. The molecule has 4 N–H and O–H groups in total. The molecular formula is C13H15N3O4. The number of carbonyl (C=O) groups excluding carboxylic acids is 2. The maximum atomic E-state index is 12.0. The Kier molecular flexibility index (Phi) is 3.88. The Morgan fingerprint density at radius 1 is 1.35 bits per heavy atom. The molecule has 106 valence electrons. The van der Waals surface area contributed by atoms with Crippen molar-refractivity contribution in [2.75, 3.05) is 11.9 Å². The topological polar surface area (TPSA) is 113 Å². The first kappa shape index (κ1) is 13.9. The van der Waals surface area contributed by atoms with E-state index in [1.165, 1.54) is 17.0 Å². The van der Waals surface area contributed by atoms with E-state index in [2.05, 4.69) is 5.32 Å². The Morgan fingerprint density at radius 2 is 2.10 bits per heavy atom. The van der Waals surface area contributed by atoms with Gasteiger partial charge in [0.05, 0.1) is 0 Å². The number of urea groups is 1. The predicted octanol–water partition coefficient (Wildman–Crippen LogP) is 0.866. The molecule has 0 bridgehead atoms. The zero-order valence-corrected chi connectivity index (χ0v) is 10.7. The standard InChI is InChI=1S/C13H15N3O4/c14-11(17)8-3-1-4-9(7-8)15-13(20)16-6-2-5-10(16)12(18)19/h1,3-4,7,10H,2,5-6H2,(H2,14,17)(H,15,20)(H,18,19)/t10-/m1/s1. The van der Waals surface area contributed by atoms with Crippen LogP contribution in [0.2, 0.25) is 0 Å². The number of nitrogens with zero attached hydrogens (tertiary/aromatic N) is 1. The molecule has 1 atom stereocenters. The maximum Gasteiger partial charge on any atom is 0.326 e. The lowest BCUT2D eigenvalue weighted by Crippen LogP contribution is -2.42. The van der Waals surface area contributed by atoms with Gasteiger partial charge in [-0.15, -0.1) is 0 Å². The van der Waals surface area contributed by atoms with E-state index in [0.29, 0.717) is 25.1 Å². The Morgan fingerprint density at radius 3 is 2.75 bits per heavy atom. The van der Waals surface area contributed by atoms with Gasteiger partial charge in [-0.05, 0) is 31.0 Å². The van der Waals surface area contributed by atoms with Crippen LogP contribution in [-0.4, -0.2) is 40.5 Å². The summed E-state index contributed by atoms with van der Waals surface area (Å²) in [6.45, 7) is 0.401. The molecule has 3 amide bonds. The molecule has 0 radical (unpaired) electrons. The molecule has 1 heterocycles. The van der Waals surface area contributed by atoms with Gasteiger partial charge in [0.25, 0.3) is 0 Å². The summed E-state index contributed by atoms with van der Waals surface area (Å²) in [5, 5.41) is 11.6. The molecule has 1 aliphatic rings. The van der Waals surface area contributed by atoms with Crippen LogP contribution < -0.4 is 11.1 Å². The molecule has 20 heavy (non-hydrogen) atoms. The number of carboxylic acid groups (broad SMARTS) is 1. The van der Waals surface area contributed by atoms with E-state index >= 15 is 0 Å². The number of likely N-dealkylation sites (tertiary alicyclic amines) is 1. The molecule has 0 aliphatic carbocycles. The third-order valence-electron chi connectivity index (χ3n) is 3.20. The van der Waals surface area contributed by atoms with Crippen LogP contribution in [-0.2, 0) is 4.79 Å². The van der Waals surface area contributed by atoms with Gasteiger partial charge in [0.2, 0.25) is 5.91 Å². The van der Waals surface area contributed by atoms with Gasteiger partial charge in [0, 0.05) is 17.8 Å². The van der Waals surface area contributed by atoms with Crippen LogP contribution in [0.1, 0.15) is 23.2 Å². The molecule has 0 saturated carbocycles. The van der Waals surface area contributed by atoms with E-state index in [1.807, 2.05) is 0 Å². The number of nitrogens with one attached hydrogen (secondary N) is 1. The molecule has 2 rings (SSSR count). The third kappa shape index (κ3) is 2.87. The van der Waals surface area contributed by atoms with Gasteiger partial charge in [0.1, 0.15) is 6.04 Å². The Labute approximate surface area is 115 Å². The Bertz CT molecular complexity index is 558. The number of amides is 3. The quantitative estimate of drug-likeness (QED) is 0.760. The summed E-state index contributed by atoms with van der Waals surface area (Å²) in [5.41, 5.74) is 5.84. The third-order valence-corrected chi connectivity index (χ3v) is 3.20. The highest BCUT2D eigenvalue weighted by Gasteiger charge is 2.33. The lowest BCUT2D eigenvalue weighted by molar-refractivity contribution is -0.141. The fraction of sp³-hybridized carbons (Fsp3) is 0.308. The SMILES string of the molecule is NC(=O)c1cccc(NC(=O)N2CCC[C@@H]2C(=O)O)c1. The van der Waals surface area contributed by atoms with Crippen molar-refractivity contribution < 1.29 is 19.5 Å². The van der Waals surface area contributed by atoms with E-state index in [0.717, 1.165) is 0 Å². The van der Waals surface area contributed by atoms with Crippen LogP contribution in [0.5, 0.6) is 0 Å². The van der Waals surface area contributed by atoms with Crippen molar-refractivity contribution in [3.8, 4) is 0 Å². The predicted molar refractivity (Wildman–Crippen MR) is 71.3 cm³/mol. The number of benzene rings is 1. The van der Waals surface area contributed by atoms with Crippen molar-refractivity contribution in [1.82, 2.24) is 4.90 Å². The number of carboxylic acids is 1. The van der Waals surface area contributed by atoms with E-state index < -0.39 is 23.9 Å². The van der Waals surface area contributed by atoms with Gasteiger partial charge in [-0.25, -0.2) is 9.59 Å². The summed E-state index contributed by atoms with van der Waals surface area (Å²) in [6.07, 6.45) is 1.11. The van der Waals surface area contributed by atoms with Crippen LogP contribution in [0.4, 0.5) is 10.5 Å². The molecule has 7 nitrogen and oxygen atoms in total. The van der Waals surface area contributed by atoms with Crippen LogP contribution in [0.25, 0.3) is 0 Å². The van der Waals surface area contributed by atoms with Crippen molar-refractivity contribution in [3.05, 3.63) is 29.8 Å². The lowest BCUT2D eigenvalue weighted by Gasteiger charge is -2.21. The second kappa shape index (κ2) is 5.60. The van der Waals surface area contributed by atoms with Crippen molar-refractivity contribution in [2.45, 2.75) is 18.9 Å². The van der Waals surface area contributed by atoms with E-state index in [1.54, 1.807) is 12.1 Å². The number of hydrogen-bond donors (Lipinski definition) is 3. The Hall–Kier alpha value is -2.57. The molecule has 0 aromatic heterocycles. The van der Waals surface area contributed by atoms with Crippen molar-refractivity contribution in [2.24, 2.45) is 5.73 Å². The largest absolute Gasteiger partial charge is 0.480 e. The molecule has 1 aliphatic heterocycles. The molecule has 1 aromatic rings. The molecule has 1 saturated heterocycles. The summed E-state index contributed by atoms with van der Waals surface area (Å²) in [7, 11) is 0. The fourth-order valence-corrected chi connectivity index (χ4v) is 2.21. The first-order valence-corrected chi connectivity index (χ1v) is 6.19. The van der Waals surface area contributed by atoms with Gasteiger partial charge >= 0.3 is 12.0 Å². The Balaban J connectivity index is 2.09. The zero-order valence-electron chi connectivity index (χ0n) is 10.7. The van der Waals surface area contributed by atoms with Crippen molar-refractivity contribution in [1.29, 1.82) is 0 Å². The normalized spacial score (nSPS) is 17.8. The maximum absolute atomic E-state index is 12.0. The smallest absolute Gasteiger partial charge is 0.326 e. The molecule has 1 fully saturated rings.